The van der Waals surface area contributed by atoms with Crippen LogP contribution in [-0.4, -0.2) is 16.9 Å². The summed E-state index contributed by atoms with van der Waals surface area (Å²) in [7, 11) is -2.76. The number of ether oxygens (including phenoxy) is 1. The highest BCUT2D eigenvalue weighted by atomic mass is 31.2. The van der Waals surface area contributed by atoms with Crippen molar-refractivity contribution in [1.82, 2.24) is 0 Å². The third-order valence-electron chi connectivity index (χ3n) is 6.04. The number of hydrogen-bond acceptors (Lipinski definition) is 3. The van der Waals surface area contributed by atoms with Gasteiger partial charge in [0.15, 0.2) is 0 Å². The third-order valence-corrected chi connectivity index (χ3v) is 6.50. The van der Waals surface area contributed by atoms with Gasteiger partial charge in [0.2, 0.25) is 0 Å². The first-order chi connectivity index (χ1) is 13.9. The van der Waals surface area contributed by atoms with Gasteiger partial charge in [-0.05, 0) is 58.1 Å². The summed E-state index contributed by atoms with van der Waals surface area (Å²) in [4.78, 5) is 17.6. The SMILES string of the molecule is COc1cc2c(cc1C=Cc1ccc(COP(=O)(O)O)cc1)C(C)(C)CCC2(C)C. The third kappa shape index (κ3) is 5.22. The number of rotatable bonds is 6. The number of hydrogen-bond donors (Lipinski definition) is 2. The highest BCUT2D eigenvalue weighted by molar-refractivity contribution is 7.46. The van der Waals surface area contributed by atoms with E-state index < -0.39 is 7.82 Å². The van der Waals surface area contributed by atoms with Crippen LogP contribution in [0.25, 0.3) is 12.2 Å². The first-order valence-electron chi connectivity index (χ1n) is 10.1. The number of benzene rings is 2. The maximum Gasteiger partial charge on any atom is 0.469 e. The Kier molecular flexibility index (Phi) is 6.31. The maximum atomic E-state index is 10.8. The lowest BCUT2D eigenvalue weighted by Crippen LogP contribution is -2.33. The van der Waals surface area contributed by atoms with Gasteiger partial charge in [0.05, 0.1) is 13.7 Å². The monoisotopic (exact) mass is 430 g/mol. The van der Waals surface area contributed by atoms with E-state index in [1.165, 1.54) is 11.1 Å². The number of phosphoric ester groups is 1. The van der Waals surface area contributed by atoms with Crippen LogP contribution in [0.2, 0.25) is 0 Å². The summed E-state index contributed by atoms with van der Waals surface area (Å²) >= 11 is 0. The molecular formula is C24H31O5P. The second kappa shape index (κ2) is 8.32. The average Bonchev–Trinajstić information content (AvgIpc) is 2.68. The molecule has 0 radical (unpaired) electrons. The van der Waals surface area contributed by atoms with E-state index in [2.05, 4.69) is 50.4 Å². The fraction of sp³-hybridized carbons (Fsp3) is 0.417. The molecule has 5 nitrogen and oxygen atoms in total. The van der Waals surface area contributed by atoms with Gasteiger partial charge in [-0.2, -0.15) is 0 Å². The zero-order chi connectivity index (χ0) is 22.2. The maximum absolute atomic E-state index is 10.8. The van der Waals surface area contributed by atoms with Gasteiger partial charge in [-0.3, -0.25) is 4.52 Å². The number of phosphoric acid groups is 1. The Morgan fingerprint density at radius 1 is 0.967 bits per heavy atom. The molecule has 0 saturated heterocycles. The topological polar surface area (TPSA) is 76.0 Å². The Morgan fingerprint density at radius 2 is 1.53 bits per heavy atom. The molecule has 0 aliphatic heterocycles. The van der Waals surface area contributed by atoms with Crippen LogP contribution in [0.3, 0.4) is 0 Å². The van der Waals surface area contributed by atoms with E-state index >= 15 is 0 Å². The molecule has 0 unspecified atom stereocenters. The molecule has 1 aliphatic rings. The summed E-state index contributed by atoms with van der Waals surface area (Å²) in [5.74, 6) is 0.863. The van der Waals surface area contributed by atoms with Crippen molar-refractivity contribution >= 4 is 20.0 Å². The standard InChI is InChI=1S/C24H31O5P/c1-23(2)12-13-24(3,4)21-15-22(28-5)19(14-20(21)23)11-10-17-6-8-18(9-7-17)16-29-30(25,26)27/h6-11,14-15H,12-13,16H2,1-5H3,(H2,25,26,27). The Bertz CT molecular complexity index is 983. The largest absolute Gasteiger partial charge is 0.496 e. The first kappa shape index (κ1) is 22.8. The summed E-state index contributed by atoms with van der Waals surface area (Å²) in [6.07, 6.45) is 6.38. The zero-order valence-electron chi connectivity index (χ0n) is 18.3. The molecule has 2 aromatic carbocycles. The molecule has 0 atom stereocenters. The lowest BCUT2D eigenvalue weighted by molar-refractivity contribution is 0.189. The molecule has 6 heteroatoms. The molecule has 0 fully saturated rings. The van der Waals surface area contributed by atoms with Gasteiger partial charge in [-0.15, -0.1) is 0 Å². The molecule has 0 heterocycles. The van der Waals surface area contributed by atoms with E-state index in [0.717, 1.165) is 29.7 Å². The minimum absolute atomic E-state index is 0.125. The molecule has 0 saturated carbocycles. The van der Waals surface area contributed by atoms with Crippen molar-refractivity contribution in [3.8, 4) is 5.75 Å². The van der Waals surface area contributed by atoms with Crippen molar-refractivity contribution in [3.63, 3.8) is 0 Å². The first-order valence-corrected chi connectivity index (χ1v) is 11.6. The van der Waals surface area contributed by atoms with Crippen LogP contribution in [0.15, 0.2) is 36.4 Å². The molecule has 0 amide bonds. The summed E-state index contributed by atoms with van der Waals surface area (Å²) < 4.78 is 21.1. The van der Waals surface area contributed by atoms with Crippen LogP contribution in [0.5, 0.6) is 5.75 Å². The minimum Gasteiger partial charge on any atom is -0.496 e. The van der Waals surface area contributed by atoms with Gasteiger partial charge in [0.1, 0.15) is 5.75 Å². The van der Waals surface area contributed by atoms with E-state index in [1.54, 1.807) is 19.2 Å². The van der Waals surface area contributed by atoms with Crippen molar-refractivity contribution in [3.05, 3.63) is 64.2 Å². The Morgan fingerprint density at radius 3 is 2.07 bits per heavy atom. The van der Waals surface area contributed by atoms with Crippen molar-refractivity contribution in [2.24, 2.45) is 0 Å². The summed E-state index contributed by atoms with van der Waals surface area (Å²) in [6.45, 7) is 9.08. The molecule has 162 valence electrons. The summed E-state index contributed by atoms with van der Waals surface area (Å²) in [6, 6.07) is 11.8. The van der Waals surface area contributed by atoms with Gasteiger partial charge in [-0.1, -0.05) is 64.1 Å². The van der Waals surface area contributed by atoms with Crippen molar-refractivity contribution in [2.45, 2.75) is 58.0 Å². The normalized spacial score (nSPS) is 17.7. The molecule has 3 rings (SSSR count). The molecule has 0 aromatic heterocycles. The molecule has 30 heavy (non-hydrogen) atoms. The van der Waals surface area contributed by atoms with Crippen LogP contribution >= 0.6 is 7.82 Å². The lowest BCUT2D eigenvalue weighted by atomic mass is 9.63. The van der Waals surface area contributed by atoms with Gasteiger partial charge < -0.3 is 14.5 Å². The Hall–Kier alpha value is -1.91. The molecule has 0 spiro atoms. The van der Waals surface area contributed by atoms with Gasteiger partial charge >= 0.3 is 7.82 Å². The highest BCUT2D eigenvalue weighted by Gasteiger charge is 2.37. The second-order valence-electron chi connectivity index (χ2n) is 9.25. The molecule has 2 aromatic rings. The quantitative estimate of drug-likeness (QED) is 0.446. The van der Waals surface area contributed by atoms with E-state index in [0.29, 0.717) is 5.56 Å². The Balaban J connectivity index is 1.88. The molecular weight excluding hydrogens is 399 g/mol. The average molecular weight is 430 g/mol. The van der Waals surface area contributed by atoms with Crippen LogP contribution in [0, 0.1) is 0 Å². The minimum atomic E-state index is -4.46. The second-order valence-corrected chi connectivity index (χ2v) is 10.5. The van der Waals surface area contributed by atoms with E-state index in [1.807, 2.05) is 18.2 Å². The lowest BCUT2D eigenvalue weighted by Gasteiger charge is -2.42. The van der Waals surface area contributed by atoms with Gasteiger partial charge in [-0.25, -0.2) is 4.57 Å². The fourth-order valence-corrected chi connectivity index (χ4v) is 4.30. The van der Waals surface area contributed by atoms with E-state index in [9.17, 15) is 4.57 Å². The summed E-state index contributed by atoms with van der Waals surface area (Å²) in [5, 5.41) is 0. The van der Waals surface area contributed by atoms with Gasteiger partial charge in [0.25, 0.3) is 0 Å². The van der Waals surface area contributed by atoms with E-state index in [-0.39, 0.29) is 17.4 Å². The zero-order valence-corrected chi connectivity index (χ0v) is 19.2. The van der Waals surface area contributed by atoms with Crippen molar-refractivity contribution in [2.75, 3.05) is 7.11 Å². The number of methoxy groups -OCH3 is 1. The molecule has 0 bridgehead atoms. The molecule has 2 N–H and O–H groups in total. The molecule has 1 aliphatic carbocycles. The fourth-order valence-electron chi connectivity index (χ4n) is 3.99. The predicted octanol–water partition coefficient (Wildman–Crippen LogP) is 5.82. The van der Waals surface area contributed by atoms with Gasteiger partial charge in [0, 0.05) is 5.56 Å². The van der Waals surface area contributed by atoms with Crippen LogP contribution in [0.1, 0.15) is 68.4 Å². The Labute approximate surface area is 179 Å². The highest BCUT2D eigenvalue weighted by Crippen LogP contribution is 2.47. The number of fused-ring (bicyclic) bond motifs is 1. The van der Waals surface area contributed by atoms with Crippen molar-refractivity contribution < 1.29 is 23.6 Å². The van der Waals surface area contributed by atoms with Crippen LogP contribution in [-0.2, 0) is 26.5 Å². The smallest absolute Gasteiger partial charge is 0.469 e. The predicted molar refractivity (Wildman–Crippen MR) is 120 cm³/mol. The van der Waals surface area contributed by atoms with E-state index in [4.69, 9.17) is 14.5 Å². The van der Waals surface area contributed by atoms with Crippen LogP contribution < -0.4 is 4.74 Å². The van der Waals surface area contributed by atoms with Crippen LogP contribution in [0.4, 0.5) is 0 Å². The van der Waals surface area contributed by atoms with Crippen molar-refractivity contribution in [1.29, 1.82) is 0 Å². The summed E-state index contributed by atoms with van der Waals surface area (Å²) in [5.41, 5.74) is 5.72.